The molecule has 0 aliphatic rings. The highest BCUT2D eigenvalue weighted by atomic mass is 19.3. The van der Waals surface area contributed by atoms with Crippen molar-refractivity contribution < 1.29 is 8.78 Å². The Kier molecular flexibility index (Phi) is 2.20. The van der Waals surface area contributed by atoms with Gasteiger partial charge in [0.2, 0.25) is 5.92 Å². The zero-order chi connectivity index (χ0) is 5.91. The largest absolute Gasteiger partial charge is 0.247 e. The smallest absolute Gasteiger partial charge is 0.207 e. The molecule has 0 amide bonds. The van der Waals surface area contributed by atoms with Crippen LogP contribution < -0.4 is 0 Å². The van der Waals surface area contributed by atoms with Crippen LogP contribution in [0.25, 0.3) is 0 Å². The first-order valence-electron chi connectivity index (χ1n) is 2.29. The molecule has 0 bridgehead atoms. The summed E-state index contributed by atoms with van der Waals surface area (Å²) in [4.78, 5) is 0. The summed E-state index contributed by atoms with van der Waals surface area (Å²) in [5, 5.41) is 0. The molecular weight excluding hydrogens is 98.1 g/mol. The topological polar surface area (TPSA) is 0 Å². The lowest BCUT2D eigenvalue weighted by Crippen LogP contribution is -2.11. The quantitative estimate of drug-likeness (QED) is 0.507. The predicted molar refractivity (Wildman–Crippen MR) is 25.2 cm³/mol. The minimum Gasteiger partial charge on any atom is -0.207 e. The first-order chi connectivity index (χ1) is 3.12. The van der Waals surface area contributed by atoms with Gasteiger partial charge in [-0.25, -0.2) is 8.78 Å². The third-order valence-electron chi connectivity index (χ3n) is 0.883. The number of hydrogen-bond donors (Lipinski definition) is 0. The van der Waals surface area contributed by atoms with E-state index in [-0.39, 0.29) is 12.8 Å². The van der Waals surface area contributed by atoms with Crippen LogP contribution in [0.15, 0.2) is 0 Å². The van der Waals surface area contributed by atoms with Crippen molar-refractivity contribution >= 4 is 0 Å². The van der Waals surface area contributed by atoms with Crippen LogP contribution in [0.4, 0.5) is 8.78 Å². The molecule has 0 spiro atoms. The van der Waals surface area contributed by atoms with Crippen LogP contribution in [0, 0.1) is 6.92 Å². The fraction of sp³-hybridized carbons (Fsp3) is 0.800. The van der Waals surface area contributed by atoms with Gasteiger partial charge in [0.15, 0.2) is 0 Å². The molecule has 0 N–H and O–H groups in total. The number of rotatable bonds is 2. The maximum absolute atomic E-state index is 11.8. The van der Waals surface area contributed by atoms with E-state index in [1.165, 1.54) is 6.92 Å². The van der Waals surface area contributed by atoms with Crippen LogP contribution >= 0.6 is 0 Å². The second-order valence-electron chi connectivity index (χ2n) is 1.46. The molecule has 0 unspecified atom stereocenters. The van der Waals surface area contributed by atoms with E-state index in [1.807, 2.05) is 0 Å². The van der Waals surface area contributed by atoms with Crippen molar-refractivity contribution in [2.75, 3.05) is 0 Å². The molecule has 43 valence electrons. The van der Waals surface area contributed by atoms with Gasteiger partial charge in [-0.15, -0.1) is 0 Å². The maximum Gasteiger partial charge on any atom is 0.247 e. The fourth-order valence-electron chi connectivity index (χ4n) is 0.177. The molecule has 0 atom stereocenters. The van der Waals surface area contributed by atoms with Crippen molar-refractivity contribution in [2.45, 2.75) is 25.7 Å². The lowest BCUT2D eigenvalue weighted by molar-refractivity contribution is -0.000155. The number of hydrogen-bond acceptors (Lipinski definition) is 0. The summed E-state index contributed by atoms with van der Waals surface area (Å²) in [6.45, 7) is 4.53. The molecule has 1 radical (unpaired) electrons. The molecular formula is C5H9F2. The highest BCUT2D eigenvalue weighted by Gasteiger charge is 2.21. The molecule has 0 nitrogen and oxygen atoms in total. The minimum atomic E-state index is -2.53. The Balaban J connectivity index is 3.36. The minimum absolute atomic E-state index is 0.101. The second-order valence-corrected chi connectivity index (χ2v) is 1.46. The third-order valence-corrected chi connectivity index (χ3v) is 0.883. The molecule has 0 aliphatic carbocycles. The Morgan fingerprint density at radius 1 is 1.57 bits per heavy atom. The molecule has 7 heavy (non-hydrogen) atoms. The van der Waals surface area contributed by atoms with Gasteiger partial charge >= 0.3 is 0 Å². The Morgan fingerprint density at radius 2 is 2.00 bits per heavy atom. The Bertz CT molecular complexity index is 44.0. The summed E-state index contributed by atoms with van der Waals surface area (Å²) in [5.41, 5.74) is 0. The van der Waals surface area contributed by atoms with E-state index in [4.69, 9.17) is 0 Å². The van der Waals surface area contributed by atoms with Crippen LogP contribution in [-0.2, 0) is 0 Å². The van der Waals surface area contributed by atoms with Gasteiger partial charge in [0.05, 0.1) is 0 Å². The average molecular weight is 107 g/mol. The van der Waals surface area contributed by atoms with Crippen molar-refractivity contribution in [1.82, 2.24) is 0 Å². The van der Waals surface area contributed by atoms with Crippen molar-refractivity contribution in [3.05, 3.63) is 6.92 Å². The standard InChI is InChI=1S/C5H9F2/c1-3-5(6,7)4-2/h1,3-4H2,2H3. The van der Waals surface area contributed by atoms with Crippen molar-refractivity contribution in [3.8, 4) is 0 Å². The molecule has 0 rings (SSSR count). The van der Waals surface area contributed by atoms with E-state index >= 15 is 0 Å². The van der Waals surface area contributed by atoms with Gasteiger partial charge in [0.1, 0.15) is 0 Å². The van der Waals surface area contributed by atoms with Gasteiger partial charge in [-0.05, 0) is 6.92 Å². The summed E-state index contributed by atoms with van der Waals surface area (Å²) in [6.07, 6.45) is -0.389. The second kappa shape index (κ2) is 2.24. The zero-order valence-electron chi connectivity index (χ0n) is 4.38. The summed E-state index contributed by atoms with van der Waals surface area (Å²) in [6, 6.07) is 0. The van der Waals surface area contributed by atoms with E-state index in [2.05, 4.69) is 6.92 Å². The molecule has 0 heterocycles. The van der Waals surface area contributed by atoms with E-state index in [9.17, 15) is 8.78 Å². The Morgan fingerprint density at radius 3 is 2.00 bits per heavy atom. The molecule has 0 saturated carbocycles. The highest BCUT2D eigenvalue weighted by Crippen LogP contribution is 2.20. The normalized spacial score (nSPS) is 12.0. The first-order valence-corrected chi connectivity index (χ1v) is 2.29. The lowest BCUT2D eigenvalue weighted by Gasteiger charge is -2.08. The molecule has 0 aromatic rings. The highest BCUT2D eigenvalue weighted by molar-refractivity contribution is 4.63. The van der Waals surface area contributed by atoms with E-state index < -0.39 is 5.92 Å². The predicted octanol–water partition coefficient (Wildman–Crippen LogP) is 2.26. The van der Waals surface area contributed by atoms with Gasteiger partial charge in [-0.1, -0.05) is 6.92 Å². The summed E-state index contributed by atoms with van der Waals surface area (Å²) in [7, 11) is 0. The van der Waals surface area contributed by atoms with Crippen LogP contribution in [-0.4, -0.2) is 5.92 Å². The third kappa shape index (κ3) is 2.54. The fourth-order valence-corrected chi connectivity index (χ4v) is 0.177. The van der Waals surface area contributed by atoms with Crippen LogP contribution in [0.1, 0.15) is 19.8 Å². The Labute approximate surface area is 42.5 Å². The van der Waals surface area contributed by atoms with Crippen LogP contribution in [0.2, 0.25) is 0 Å². The monoisotopic (exact) mass is 107 g/mol. The summed E-state index contributed by atoms with van der Waals surface area (Å²) in [5.74, 6) is -2.53. The SMILES string of the molecule is [CH2]CC(F)(F)CC. The molecule has 0 aromatic heterocycles. The summed E-state index contributed by atoms with van der Waals surface area (Å²) >= 11 is 0. The summed E-state index contributed by atoms with van der Waals surface area (Å²) < 4.78 is 23.6. The van der Waals surface area contributed by atoms with E-state index in [0.717, 1.165) is 0 Å². The average Bonchev–Trinajstić information content (AvgIpc) is 1.68. The molecule has 0 aliphatic heterocycles. The number of halogens is 2. The zero-order valence-corrected chi connectivity index (χ0v) is 4.38. The van der Waals surface area contributed by atoms with Gasteiger partial charge in [0.25, 0.3) is 0 Å². The van der Waals surface area contributed by atoms with Crippen LogP contribution in [0.5, 0.6) is 0 Å². The van der Waals surface area contributed by atoms with Gasteiger partial charge < -0.3 is 0 Å². The van der Waals surface area contributed by atoms with E-state index in [1.54, 1.807) is 0 Å². The van der Waals surface area contributed by atoms with Gasteiger partial charge in [-0.2, -0.15) is 0 Å². The first kappa shape index (κ1) is 6.86. The molecule has 0 fully saturated rings. The Hall–Kier alpha value is -0.140. The van der Waals surface area contributed by atoms with Crippen molar-refractivity contribution in [2.24, 2.45) is 0 Å². The lowest BCUT2D eigenvalue weighted by atomic mass is 10.2. The molecule has 0 aromatic carbocycles. The van der Waals surface area contributed by atoms with Gasteiger partial charge in [0, 0.05) is 12.8 Å². The van der Waals surface area contributed by atoms with Crippen molar-refractivity contribution in [3.63, 3.8) is 0 Å². The number of alkyl halides is 2. The van der Waals surface area contributed by atoms with Gasteiger partial charge in [-0.3, -0.25) is 0 Å². The molecule has 2 heteroatoms. The van der Waals surface area contributed by atoms with Crippen LogP contribution in [0.3, 0.4) is 0 Å². The maximum atomic E-state index is 11.8. The van der Waals surface area contributed by atoms with E-state index in [0.29, 0.717) is 0 Å². The van der Waals surface area contributed by atoms with Crippen molar-refractivity contribution in [1.29, 1.82) is 0 Å². The molecule has 0 saturated heterocycles.